The molecule has 66 valence electrons. The van der Waals surface area contributed by atoms with E-state index in [1.807, 2.05) is 0 Å². The first-order valence-corrected chi connectivity index (χ1v) is 4.46. The number of nitrogens with zero attached hydrogens (tertiary/aromatic N) is 1. The number of amides is 1. The van der Waals surface area contributed by atoms with E-state index < -0.39 is 0 Å². The summed E-state index contributed by atoms with van der Waals surface area (Å²) in [6.45, 7) is 0.460. The fourth-order valence-electron chi connectivity index (χ4n) is 0.803. The van der Waals surface area contributed by atoms with Crippen LogP contribution in [-0.4, -0.2) is 17.5 Å². The van der Waals surface area contributed by atoms with E-state index in [1.165, 1.54) is 4.57 Å². The molecule has 0 bridgehead atoms. The van der Waals surface area contributed by atoms with Gasteiger partial charge in [-0.3, -0.25) is 9.59 Å². The molecular formula is C7H10N2O2S. The molecule has 0 fully saturated rings. The Morgan fingerprint density at radius 2 is 2.50 bits per heavy atom. The number of carbonyl (C=O) groups excluding carboxylic acids is 1. The van der Waals surface area contributed by atoms with Crippen molar-refractivity contribution < 1.29 is 4.79 Å². The largest absolute Gasteiger partial charge is 0.359 e. The van der Waals surface area contributed by atoms with Gasteiger partial charge in [0.2, 0.25) is 5.91 Å². The number of nitrogens with one attached hydrogen (secondary N) is 1. The Hall–Kier alpha value is -1.10. The molecule has 0 saturated heterocycles. The first-order valence-electron chi connectivity index (χ1n) is 3.58. The van der Waals surface area contributed by atoms with Crippen molar-refractivity contribution in [1.29, 1.82) is 0 Å². The summed E-state index contributed by atoms with van der Waals surface area (Å²) < 4.78 is 1.53. The zero-order chi connectivity index (χ0) is 8.97. The predicted molar refractivity (Wildman–Crippen MR) is 47.3 cm³/mol. The van der Waals surface area contributed by atoms with Gasteiger partial charge >= 0.3 is 4.87 Å². The van der Waals surface area contributed by atoms with Crippen molar-refractivity contribution in [1.82, 2.24) is 9.88 Å². The second-order valence-electron chi connectivity index (χ2n) is 2.29. The molecule has 1 N–H and O–H groups in total. The summed E-state index contributed by atoms with van der Waals surface area (Å²) in [4.78, 5) is 21.8. The summed E-state index contributed by atoms with van der Waals surface area (Å²) in [5, 5.41) is 4.21. The van der Waals surface area contributed by atoms with Crippen LogP contribution < -0.4 is 10.2 Å². The van der Waals surface area contributed by atoms with Crippen molar-refractivity contribution in [3.8, 4) is 0 Å². The summed E-state index contributed by atoms with van der Waals surface area (Å²) in [5.74, 6) is -0.0481. The minimum absolute atomic E-state index is 0.0149. The Bertz CT molecular complexity index is 315. The summed E-state index contributed by atoms with van der Waals surface area (Å²) in [5.41, 5.74) is 0. The fraction of sp³-hybridized carbons (Fsp3) is 0.429. The molecule has 0 unspecified atom stereocenters. The van der Waals surface area contributed by atoms with Crippen LogP contribution in [0.2, 0.25) is 0 Å². The molecule has 1 aromatic heterocycles. The van der Waals surface area contributed by atoms with Gasteiger partial charge in [0.25, 0.3) is 0 Å². The van der Waals surface area contributed by atoms with E-state index in [0.29, 0.717) is 13.0 Å². The van der Waals surface area contributed by atoms with Gasteiger partial charge in [0.15, 0.2) is 0 Å². The van der Waals surface area contributed by atoms with Crippen molar-refractivity contribution in [3.05, 3.63) is 21.2 Å². The topological polar surface area (TPSA) is 51.1 Å². The molecule has 0 aliphatic rings. The maximum atomic E-state index is 11.0. The van der Waals surface area contributed by atoms with Crippen LogP contribution in [0.5, 0.6) is 0 Å². The summed E-state index contributed by atoms with van der Waals surface area (Å²) in [6, 6.07) is 0. The van der Waals surface area contributed by atoms with E-state index in [-0.39, 0.29) is 10.8 Å². The van der Waals surface area contributed by atoms with E-state index in [0.717, 1.165) is 11.3 Å². The Balaban J connectivity index is 2.49. The monoisotopic (exact) mass is 186 g/mol. The minimum Gasteiger partial charge on any atom is -0.359 e. The smallest absolute Gasteiger partial charge is 0.307 e. The van der Waals surface area contributed by atoms with Gasteiger partial charge in [-0.1, -0.05) is 11.3 Å². The molecule has 12 heavy (non-hydrogen) atoms. The van der Waals surface area contributed by atoms with Crippen LogP contribution in [-0.2, 0) is 11.3 Å². The van der Waals surface area contributed by atoms with Crippen LogP contribution >= 0.6 is 11.3 Å². The van der Waals surface area contributed by atoms with E-state index in [1.54, 1.807) is 18.6 Å². The molecule has 4 nitrogen and oxygen atoms in total. The van der Waals surface area contributed by atoms with Crippen LogP contribution in [0.4, 0.5) is 0 Å². The molecule has 0 aliphatic heterocycles. The molecule has 1 rings (SSSR count). The third-order valence-electron chi connectivity index (χ3n) is 1.50. The van der Waals surface area contributed by atoms with Crippen molar-refractivity contribution >= 4 is 17.2 Å². The van der Waals surface area contributed by atoms with Crippen LogP contribution in [0, 0.1) is 0 Å². The molecule has 1 amide bonds. The number of carbonyl (C=O) groups is 1. The van der Waals surface area contributed by atoms with Crippen LogP contribution in [0.15, 0.2) is 16.4 Å². The summed E-state index contributed by atoms with van der Waals surface area (Å²) >= 11 is 1.14. The zero-order valence-electron chi connectivity index (χ0n) is 6.74. The van der Waals surface area contributed by atoms with E-state index in [2.05, 4.69) is 5.32 Å². The van der Waals surface area contributed by atoms with E-state index in [9.17, 15) is 9.59 Å². The Kier molecular flexibility index (Phi) is 3.04. The second kappa shape index (κ2) is 4.06. The third kappa shape index (κ3) is 2.20. The number of hydrogen-bond donors (Lipinski definition) is 1. The normalized spacial score (nSPS) is 9.75. The molecule has 0 saturated carbocycles. The zero-order valence-corrected chi connectivity index (χ0v) is 7.56. The first kappa shape index (κ1) is 8.99. The average molecular weight is 186 g/mol. The van der Waals surface area contributed by atoms with Crippen LogP contribution in [0.3, 0.4) is 0 Å². The Morgan fingerprint density at radius 1 is 1.75 bits per heavy atom. The lowest BCUT2D eigenvalue weighted by Crippen LogP contribution is -2.21. The highest BCUT2D eigenvalue weighted by molar-refractivity contribution is 7.07. The molecular weight excluding hydrogens is 176 g/mol. The maximum absolute atomic E-state index is 11.0. The standard InChI is InChI=1S/C7H10N2O2S/c1-8-6(10)2-3-9-4-5-12-7(9)11/h4-5H,2-3H2,1H3,(H,8,10). The molecule has 1 aromatic rings. The van der Waals surface area contributed by atoms with Gasteiger partial charge in [-0.25, -0.2) is 0 Å². The summed E-state index contributed by atoms with van der Waals surface area (Å²) in [6.07, 6.45) is 2.04. The minimum atomic E-state index is -0.0481. The highest BCUT2D eigenvalue weighted by Gasteiger charge is 2.00. The molecule has 0 spiro atoms. The van der Waals surface area contributed by atoms with Gasteiger partial charge in [-0.05, 0) is 0 Å². The predicted octanol–water partition coefficient (Wildman–Crippen LogP) is 0.0459. The van der Waals surface area contributed by atoms with Gasteiger partial charge in [0, 0.05) is 31.6 Å². The van der Waals surface area contributed by atoms with E-state index in [4.69, 9.17) is 0 Å². The quantitative estimate of drug-likeness (QED) is 0.725. The molecule has 0 aromatic carbocycles. The van der Waals surface area contributed by atoms with Crippen molar-refractivity contribution in [3.63, 3.8) is 0 Å². The van der Waals surface area contributed by atoms with Gasteiger partial charge < -0.3 is 9.88 Å². The van der Waals surface area contributed by atoms with Crippen molar-refractivity contribution in [2.45, 2.75) is 13.0 Å². The number of aromatic nitrogens is 1. The molecule has 0 atom stereocenters. The lowest BCUT2D eigenvalue weighted by Gasteiger charge is -1.99. The molecule has 5 heteroatoms. The fourth-order valence-corrected chi connectivity index (χ4v) is 1.42. The van der Waals surface area contributed by atoms with Crippen molar-refractivity contribution in [2.75, 3.05) is 7.05 Å². The van der Waals surface area contributed by atoms with Crippen molar-refractivity contribution in [2.24, 2.45) is 0 Å². The van der Waals surface area contributed by atoms with Gasteiger partial charge in [0.1, 0.15) is 0 Å². The summed E-state index contributed by atoms with van der Waals surface area (Å²) in [7, 11) is 1.58. The van der Waals surface area contributed by atoms with Gasteiger partial charge in [0.05, 0.1) is 0 Å². The SMILES string of the molecule is CNC(=O)CCn1ccsc1=O. The van der Waals surface area contributed by atoms with E-state index >= 15 is 0 Å². The first-order chi connectivity index (χ1) is 5.74. The Morgan fingerprint density at radius 3 is 3.00 bits per heavy atom. The maximum Gasteiger partial charge on any atom is 0.307 e. The van der Waals surface area contributed by atoms with Crippen LogP contribution in [0.1, 0.15) is 6.42 Å². The number of aryl methyl sites for hydroxylation is 1. The number of rotatable bonds is 3. The molecule has 1 heterocycles. The number of hydrogen-bond acceptors (Lipinski definition) is 3. The lowest BCUT2D eigenvalue weighted by molar-refractivity contribution is -0.120. The molecule has 0 aliphatic carbocycles. The Labute approximate surface area is 73.8 Å². The second-order valence-corrected chi connectivity index (χ2v) is 3.14. The third-order valence-corrected chi connectivity index (χ3v) is 2.20. The van der Waals surface area contributed by atoms with Gasteiger partial charge in [-0.15, -0.1) is 0 Å². The highest BCUT2D eigenvalue weighted by atomic mass is 32.1. The van der Waals surface area contributed by atoms with Gasteiger partial charge in [-0.2, -0.15) is 0 Å². The highest BCUT2D eigenvalue weighted by Crippen LogP contribution is 1.91. The average Bonchev–Trinajstić information content (AvgIpc) is 2.47. The number of thiazole rings is 1. The molecule has 0 radical (unpaired) electrons. The lowest BCUT2D eigenvalue weighted by atomic mass is 10.4. The van der Waals surface area contributed by atoms with Crippen LogP contribution in [0.25, 0.3) is 0 Å².